The van der Waals surface area contributed by atoms with E-state index in [2.05, 4.69) is 36.4 Å². The van der Waals surface area contributed by atoms with Crippen LogP contribution in [-0.2, 0) is 6.42 Å². The Morgan fingerprint density at radius 2 is 2.11 bits per heavy atom. The van der Waals surface area contributed by atoms with E-state index < -0.39 is 0 Å². The molecular weight excluding hydrogens is 308 g/mol. The molecule has 0 radical (unpaired) electrons. The van der Waals surface area contributed by atoms with Gasteiger partial charge in [-0.25, -0.2) is 4.98 Å². The molecule has 0 bridgehead atoms. The molecule has 0 aliphatic rings. The molecule has 0 aliphatic carbocycles. The van der Waals surface area contributed by atoms with E-state index in [1.807, 2.05) is 38.1 Å². The van der Waals surface area contributed by atoms with Crippen molar-refractivity contribution in [2.45, 2.75) is 26.3 Å². The quantitative estimate of drug-likeness (QED) is 0.909. The minimum atomic E-state index is -0.272. The van der Waals surface area contributed by atoms with Gasteiger partial charge in [-0.05, 0) is 24.6 Å². The van der Waals surface area contributed by atoms with Crippen LogP contribution in [0.2, 0.25) is 0 Å². The lowest BCUT2D eigenvalue weighted by Gasteiger charge is -2.12. The molecule has 1 atom stereocenters. The maximum Gasteiger partial charge on any atom is 0.291 e. The second-order valence-electron chi connectivity index (χ2n) is 4.21. The molecule has 5 nitrogen and oxygen atoms in total. The van der Waals surface area contributed by atoms with Gasteiger partial charge in [-0.3, -0.25) is 9.89 Å². The molecule has 19 heavy (non-hydrogen) atoms. The van der Waals surface area contributed by atoms with Gasteiger partial charge < -0.3 is 5.32 Å². The van der Waals surface area contributed by atoms with Crippen LogP contribution in [0.15, 0.2) is 28.7 Å². The third-order valence-electron chi connectivity index (χ3n) is 2.79. The highest BCUT2D eigenvalue weighted by Gasteiger charge is 2.15. The number of nitrogens with one attached hydrogen (secondary N) is 2. The zero-order valence-corrected chi connectivity index (χ0v) is 12.4. The average molecular weight is 323 g/mol. The molecule has 2 rings (SSSR count). The normalized spacial score (nSPS) is 12.2. The highest BCUT2D eigenvalue weighted by molar-refractivity contribution is 9.10. The smallest absolute Gasteiger partial charge is 0.291 e. The number of amides is 1. The fraction of sp³-hybridized carbons (Fsp3) is 0.308. The Kier molecular flexibility index (Phi) is 4.31. The van der Waals surface area contributed by atoms with Crippen molar-refractivity contribution in [1.82, 2.24) is 20.5 Å². The fourth-order valence-electron chi connectivity index (χ4n) is 1.65. The van der Waals surface area contributed by atoms with Crippen LogP contribution in [0.3, 0.4) is 0 Å². The molecule has 6 heteroatoms. The lowest BCUT2D eigenvalue weighted by atomic mass is 10.1. The topological polar surface area (TPSA) is 70.7 Å². The zero-order chi connectivity index (χ0) is 13.8. The van der Waals surface area contributed by atoms with Gasteiger partial charge in [-0.2, -0.15) is 0 Å². The first-order valence-corrected chi connectivity index (χ1v) is 6.87. The summed E-state index contributed by atoms with van der Waals surface area (Å²) in [5.74, 6) is 0.619. The number of carbonyl (C=O) groups is 1. The van der Waals surface area contributed by atoms with Crippen LogP contribution in [0.1, 0.15) is 41.9 Å². The third-order valence-corrected chi connectivity index (χ3v) is 3.32. The van der Waals surface area contributed by atoms with E-state index >= 15 is 0 Å². The van der Waals surface area contributed by atoms with E-state index in [1.54, 1.807) is 0 Å². The Morgan fingerprint density at radius 3 is 2.68 bits per heavy atom. The van der Waals surface area contributed by atoms with E-state index in [0.717, 1.165) is 16.5 Å². The van der Waals surface area contributed by atoms with Crippen LogP contribution in [0, 0.1) is 0 Å². The SMILES string of the molecule is CCc1nc(C(=O)NC(C)c2ccc(Br)cc2)n[nH]1. The molecule has 1 amide bonds. The molecule has 0 saturated heterocycles. The number of carbonyl (C=O) groups excluding carboxylic acids is 1. The largest absolute Gasteiger partial charge is 0.343 e. The number of hydrogen-bond acceptors (Lipinski definition) is 3. The van der Waals surface area contributed by atoms with Crippen LogP contribution < -0.4 is 5.32 Å². The Labute approximate surface area is 120 Å². The number of aromatic nitrogens is 3. The molecule has 100 valence electrons. The van der Waals surface area contributed by atoms with Crippen molar-refractivity contribution in [2.24, 2.45) is 0 Å². The predicted molar refractivity (Wildman–Crippen MR) is 75.8 cm³/mol. The first-order valence-electron chi connectivity index (χ1n) is 6.07. The minimum Gasteiger partial charge on any atom is -0.343 e. The van der Waals surface area contributed by atoms with Crippen molar-refractivity contribution in [1.29, 1.82) is 0 Å². The average Bonchev–Trinajstić information content (AvgIpc) is 2.88. The van der Waals surface area contributed by atoms with Gasteiger partial charge >= 0.3 is 0 Å². The Balaban J connectivity index is 2.04. The van der Waals surface area contributed by atoms with Gasteiger partial charge in [0.15, 0.2) is 0 Å². The summed E-state index contributed by atoms with van der Waals surface area (Å²) in [7, 11) is 0. The third kappa shape index (κ3) is 3.41. The Bertz CT molecular complexity index is 564. The summed E-state index contributed by atoms with van der Waals surface area (Å²) in [5.41, 5.74) is 1.03. The van der Waals surface area contributed by atoms with Crippen molar-refractivity contribution in [2.75, 3.05) is 0 Å². The van der Waals surface area contributed by atoms with E-state index in [-0.39, 0.29) is 17.8 Å². The molecule has 1 aromatic heterocycles. The number of H-pyrrole nitrogens is 1. The zero-order valence-electron chi connectivity index (χ0n) is 10.8. The summed E-state index contributed by atoms with van der Waals surface area (Å²) in [4.78, 5) is 16.1. The first-order chi connectivity index (χ1) is 9.10. The molecule has 2 N–H and O–H groups in total. The summed E-state index contributed by atoms with van der Waals surface area (Å²) in [6.07, 6.45) is 0.725. The van der Waals surface area contributed by atoms with Crippen LogP contribution >= 0.6 is 15.9 Å². The molecule has 1 unspecified atom stereocenters. The van der Waals surface area contributed by atoms with E-state index in [1.165, 1.54) is 0 Å². The molecule has 0 fully saturated rings. The minimum absolute atomic E-state index is 0.0934. The summed E-state index contributed by atoms with van der Waals surface area (Å²) in [6, 6.07) is 7.72. The van der Waals surface area contributed by atoms with Crippen LogP contribution in [0.25, 0.3) is 0 Å². The lowest BCUT2D eigenvalue weighted by molar-refractivity contribution is 0.0929. The molecule has 2 aromatic rings. The molecule has 1 heterocycles. The van der Waals surface area contributed by atoms with Crippen molar-refractivity contribution in [3.63, 3.8) is 0 Å². The summed E-state index contributed by atoms with van der Waals surface area (Å²) >= 11 is 3.38. The van der Waals surface area contributed by atoms with Gasteiger partial charge in [0.2, 0.25) is 5.82 Å². The molecular formula is C13H15BrN4O. The number of aromatic amines is 1. The highest BCUT2D eigenvalue weighted by atomic mass is 79.9. The van der Waals surface area contributed by atoms with Gasteiger partial charge in [0.05, 0.1) is 6.04 Å². The van der Waals surface area contributed by atoms with Gasteiger partial charge in [0, 0.05) is 10.9 Å². The Morgan fingerprint density at radius 1 is 1.42 bits per heavy atom. The monoisotopic (exact) mass is 322 g/mol. The van der Waals surface area contributed by atoms with Gasteiger partial charge in [-0.15, -0.1) is 5.10 Å². The van der Waals surface area contributed by atoms with E-state index in [9.17, 15) is 4.79 Å². The van der Waals surface area contributed by atoms with Crippen LogP contribution in [0.4, 0.5) is 0 Å². The summed E-state index contributed by atoms with van der Waals surface area (Å²) in [6.45, 7) is 3.88. The van der Waals surface area contributed by atoms with Crippen molar-refractivity contribution in [3.8, 4) is 0 Å². The van der Waals surface area contributed by atoms with Crippen molar-refractivity contribution < 1.29 is 4.79 Å². The molecule has 0 spiro atoms. The maximum atomic E-state index is 12.0. The highest BCUT2D eigenvalue weighted by Crippen LogP contribution is 2.16. The number of nitrogens with zero attached hydrogens (tertiary/aromatic N) is 2. The summed E-state index contributed by atoms with van der Waals surface area (Å²) < 4.78 is 1.01. The summed E-state index contributed by atoms with van der Waals surface area (Å²) in [5, 5.41) is 9.49. The van der Waals surface area contributed by atoms with Gasteiger partial charge in [-0.1, -0.05) is 35.0 Å². The van der Waals surface area contributed by atoms with Gasteiger partial charge in [0.25, 0.3) is 5.91 Å². The van der Waals surface area contributed by atoms with Crippen LogP contribution in [0.5, 0.6) is 0 Å². The van der Waals surface area contributed by atoms with Crippen molar-refractivity contribution >= 4 is 21.8 Å². The predicted octanol–water partition coefficient (Wildman–Crippen LogP) is 2.62. The first kappa shape index (κ1) is 13.7. The molecule has 1 aromatic carbocycles. The molecule has 0 aliphatic heterocycles. The standard InChI is InChI=1S/C13H15BrN4O/c1-3-11-16-12(18-17-11)13(19)15-8(2)9-4-6-10(14)7-5-9/h4-8H,3H2,1-2H3,(H,15,19)(H,16,17,18). The number of halogens is 1. The second kappa shape index (κ2) is 5.97. The second-order valence-corrected chi connectivity index (χ2v) is 5.12. The maximum absolute atomic E-state index is 12.0. The van der Waals surface area contributed by atoms with Crippen molar-refractivity contribution in [3.05, 3.63) is 46.0 Å². The number of aryl methyl sites for hydroxylation is 1. The van der Waals surface area contributed by atoms with E-state index in [4.69, 9.17) is 0 Å². The number of benzene rings is 1. The fourth-order valence-corrected chi connectivity index (χ4v) is 1.92. The van der Waals surface area contributed by atoms with Crippen LogP contribution in [-0.4, -0.2) is 21.1 Å². The molecule has 0 saturated carbocycles. The number of rotatable bonds is 4. The lowest BCUT2D eigenvalue weighted by Crippen LogP contribution is -2.27. The number of hydrogen-bond donors (Lipinski definition) is 2. The van der Waals surface area contributed by atoms with E-state index in [0.29, 0.717) is 5.82 Å². The Hall–Kier alpha value is -1.69. The van der Waals surface area contributed by atoms with Gasteiger partial charge in [0.1, 0.15) is 5.82 Å².